The summed E-state index contributed by atoms with van der Waals surface area (Å²) in [6, 6.07) is 0. The normalized spacial score (nSPS) is 30.1. The Balaban J connectivity index is 2.43. The molecule has 0 saturated carbocycles. The highest BCUT2D eigenvalue weighted by molar-refractivity contribution is 6.03. The monoisotopic (exact) mass is 286 g/mol. The lowest BCUT2D eigenvalue weighted by Crippen LogP contribution is -2.51. The number of hydrogen-bond acceptors (Lipinski definition) is 7. The Morgan fingerprint density at radius 1 is 1.25 bits per heavy atom. The summed E-state index contributed by atoms with van der Waals surface area (Å²) in [5.41, 5.74) is 9.51. The van der Waals surface area contributed by atoms with E-state index in [1.807, 2.05) is 0 Å². The van der Waals surface area contributed by atoms with Crippen LogP contribution in [0, 0.1) is 0 Å². The second kappa shape index (κ2) is 5.17. The number of aliphatic hydroxyl groups is 3. The Labute approximate surface area is 112 Å². The number of carbonyl (C=O) groups excluding carboxylic acids is 2. The number of imidazole rings is 1. The van der Waals surface area contributed by atoms with Gasteiger partial charge in [-0.1, -0.05) is 0 Å². The van der Waals surface area contributed by atoms with Gasteiger partial charge in [-0.15, -0.1) is 0 Å². The standard InChI is InChI=1S/C10H14N4O6/c11-8(18)4-5(9(12)19)14(2-13-4)10-7(17)6(16)3(15)1-20-10/h2-3,6-7,10,15-17H,1H2,(H2,11,18)(H2,12,19). The Morgan fingerprint density at radius 2 is 1.90 bits per heavy atom. The van der Waals surface area contributed by atoms with Crippen molar-refractivity contribution >= 4 is 11.8 Å². The lowest BCUT2D eigenvalue weighted by atomic mass is 10.0. The van der Waals surface area contributed by atoms with Crippen molar-refractivity contribution in [1.82, 2.24) is 9.55 Å². The van der Waals surface area contributed by atoms with Crippen molar-refractivity contribution in [2.45, 2.75) is 24.5 Å². The van der Waals surface area contributed by atoms with Gasteiger partial charge in [0.25, 0.3) is 11.8 Å². The molecule has 1 saturated heterocycles. The van der Waals surface area contributed by atoms with Crippen molar-refractivity contribution in [1.29, 1.82) is 0 Å². The van der Waals surface area contributed by atoms with Gasteiger partial charge in [0.05, 0.1) is 12.9 Å². The van der Waals surface area contributed by atoms with Crippen molar-refractivity contribution in [2.24, 2.45) is 11.5 Å². The zero-order valence-corrected chi connectivity index (χ0v) is 10.2. The number of rotatable bonds is 3. The number of aromatic nitrogens is 2. The summed E-state index contributed by atoms with van der Waals surface area (Å²) in [4.78, 5) is 26.2. The van der Waals surface area contributed by atoms with E-state index in [9.17, 15) is 24.9 Å². The number of amides is 2. The molecule has 0 aromatic carbocycles. The van der Waals surface area contributed by atoms with Crippen molar-refractivity contribution in [3.8, 4) is 0 Å². The van der Waals surface area contributed by atoms with E-state index >= 15 is 0 Å². The van der Waals surface area contributed by atoms with Crippen LogP contribution in [0.2, 0.25) is 0 Å². The fourth-order valence-corrected chi connectivity index (χ4v) is 2.01. The van der Waals surface area contributed by atoms with Gasteiger partial charge in [0, 0.05) is 0 Å². The molecular formula is C10H14N4O6. The van der Waals surface area contributed by atoms with Gasteiger partial charge in [0.1, 0.15) is 24.0 Å². The summed E-state index contributed by atoms with van der Waals surface area (Å²) in [5, 5.41) is 28.8. The van der Waals surface area contributed by atoms with E-state index < -0.39 is 36.4 Å². The van der Waals surface area contributed by atoms with Gasteiger partial charge in [-0.3, -0.25) is 14.2 Å². The van der Waals surface area contributed by atoms with Crippen LogP contribution >= 0.6 is 0 Å². The maximum Gasteiger partial charge on any atom is 0.269 e. The van der Waals surface area contributed by atoms with Crippen molar-refractivity contribution in [2.75, 3.05) is 6.61 Å². The first-order valence-corrected chi connectivity index (χ1v) is 5.66. The first kappa shape index (κ1) is 14.4. The highest BCUT2D eigenvalue weighted by Crippen LogP contribution is 2.26. The van der Waals surface area contributed by atoms with Crippen LogP contribution in [0.5, 0.6) is 0 Å². The molecule has 1 aromatic heterocycles. The number of carbonyl (C=O) groups is 2. The highest BCUT2D eigenvalue weighted by Gasteiger charge is 2.40. The van der Waals surface area contributed by atoms with Gasteiger partial charge < -0.3 is 31.5 Å². The fourth-order valence-electron chi connectivity index (χ4n) is 2.01. The lowest BCUT2D eigenvalue weighted by molar-refractivity contribution is -0.211. The molecule has 1 aliphatic heterocycles. The molecule has 0 aliphatic carbocycles. The van der Waals surface area contributed by atoms with Gasteiger partial charge in [-0.25, -0.2) is 4.98 Å². The van der Waals surface area contributed by atoms with Gasteiger partial charge in [0.2, 0.25) is 0 Å². The van der Waals surface area contributed by atoms with Crippen LogP contribution in [0.1, 0.15) is 27.2 Å². The minimum atomic E-state index is -1.54. The summed E-state index contributed by atoms with van der Waals surface area (Å²) in [7, 11) is 0. The molecule has 0 radical (unpaired) electrons. The van der Waals surface area contributed by atoms with Crippen molar-refractivity contribution in [3.05, 3.63) is 17.7 Å². The average Bonchev–Trinajstić information content (AvgIpc) is 2.81. The second-order valence-electron chi connectivity index (χ2n) is 4.35. The SMILES string of the molecule is NC(=O)c1ncn(C2OCC(O)C(O)C2O)c1C(N)=O. The number of ether oxygens (including phenoxy) is 1. The molecule has 1 fully saturated rings. The smallest absolute Gasteiger partial charge is 0.269 e. The predicted octanol–water partition coefficient (Wildman–Crippen LogP) is -3.31. The number of nitrogens with two attached hydrogens (primary N) is 2. The Hall–Kier alpha value is -2.01. The Morgan fingerprint density at radius 3 is 2.45 bits per heavy atom. The maximum atomic E-state index is 11.4. The summed E-state index contributed by atoms with van der Waals surface area (Å²) in [6.45, 7) is -0.273. The van der Waals surface area contributed by atoms with Crippen LogP contribution in [0.3, 0.4) is 0 Å². The van der Waals surface area contributed by atoms with E-state index in [0.717, 1.165) is 10.9 Å². The number of primary amides is 2. The third-order valence-electron chi connectivity index (χ3n) is 3.01. The van der Waals surface area contributed by atoms with Gasteiger partial charge in [-0.05, 0) is 0 Å². The van der Waals surface area contributed by atoms with Crippen LogP contribution in [0.4, 0.5) is 0 Å². The van der Waals surface area contributed by atoms with Crippen LogP contribution in [0.25, 0.3) is 0 Å². The molecule has 0 spiro atoms. The van der Waals surface area contributed by atoms with Crippen molar-refractivity contribution < 1.29 is 29.6 Å². The van der Waals surface area contributed by atoms with Gasteiger partial charge in [-0.2, -0.15) is 0 Å². The molecule has 10 nitrogen and oxygen atoms in total. The third-order valence-corrected chi connectivity index (χ3v) is 3.01. The zero-order valence-electron chi connectivity index (χ0n) is 10.2. The van der Waals surface area contributed by atoms with E-state index in [1.54, 1.807) is 0 Å². The number of aliphatic hydroxyl groups excluding tert-OH is 3. The fraction of sp³-hybridized carbons (Fsp3) is 0.500. The van der Waals surface area contributed by atoms with E-state index in [1.165, 1.54) is 0 Å². The largest absolute Gasteiger partial charge is 0.388 e. The minimum absolute atomic E-state index is 0.273. The van der Waals surface area contributed by atoms with E-state index in [2.05, 4.69) is 4.98 Å². The Bertz CT molecular complexity index is 544. The Kier molecular flexibility index (Phi) is 3.72. The third kappa shape index (κ3) is 2.25. The van der Waals surface area contributed by atoms with E-state index in [0.29, 0.717) is 0 Å². The summed E-state index contributed by atoms with van der Waals surface area (Å²) >= 11 is 0. The molecule has 1 aliphatic rings. The molecule has 2 amide bonds. The summed E-state index contributed by atoms with van der Waals surface area (Å²) < 4.78 is 6.15. The molecule has 20 heavy (non-hydrogen) atoms. The summed E-state index contributed by atoms with van der Waals surface area (Å²) in [6.07, 6.45) is -4.46. The second-order valence-corrected chi connectivity index (χ2v) is 4.35. The number of hydrogen-bond donors (Lipinski definition) is 5. The minimum Gasteiger partial charge on any atom is -0.388 e. The topological polar surface area (TPSA) is 174 Å². The first-order chi connectivity index (χ1) is 9.34. The van der Waals surface area contributed by atoms with Gasteiger partial charge in [0.15, 0.2) is 11.9 Å². The molecule has 10 heteroatoms. The van der Waals surface area contributed by atoms with Crippen molar-refractivity contribution in [3.63, 3.8) is 0 Å². The van der Waals surface area contributed by atoms with Crippen LogP contribution < -0.4 is 11.5 Å². The molecule has 110 valence electrons. The molecule has 1 aromatic rings. The lowest BCUT2D eigenvalue weighted by Gasteiger charge is -2.36. The quantitative estimate of drug-likeness (QED) is 0.386. The molecule has 0 bridgehead atoms. The predicted molar refractivity (Wildman–Crippen MR) is 62.3 cm³/mol. The van der Waals surface area contributed by atoms with Crippen LogP contribution in [0.15, 0.2) is 6.33 Å². The molecule has 2 rings (SSSR count). The van der Waals surface area contributed by atoms with Gasteiger partial charge >= 0.3 is 0 Å². The number of nitrogens with zero attached hydrogens (tertiary/aromatic N) is 2. The van der Waals surface area contributed by atoms with E-state index in [-0.39, 0.29) is 18.0 Å². The molecular weight excluding hydrogens is 272 g/mol. The molecule has 7 N–H and O–H groups in total. The molecule has 4 unspecified atom stereocenters. The highest BCUT2D eigenvalue weighted by atomic mass is 16.5. The van der Waals surface area contributed by atoms with Crippen LogP contribution in [-0.4, -0.2) is 61.6 Å². The molecule has 4 atom stereocenters. The zero-order chi connectivity index (χ0) is 15.0. The maximum absolute atomic E-state index is 11.4. The average molecular weight is 286 g/mol. The molecule has 2 heterocycles. The summed E-state index contributed by atoms with van der Waals surface area (Å²) in [5.74, 6) is -1.96. The van der Waals surface area contributed by atoms with Crippen LogP contribution in [-0.2, 0) is 4.74 Å². The first-order valence-electron chi connectivity index (χ1n) is 5.66. The van der Waals surface area contributed by atoms with E-state index in [4.69, 9.17) is 16.2 Å².